The van der Waals surface area contributed by atoms with E-state index in [1.807, 2.05) is 33.0 Å². The van der Waals surface area contributed by atoms with Crippen LogP contribution in [0, 0.1) is 13.8 Å². The fourth-order valence-electron chi connectivity index (χ4n) is 2.96. The van der Waals surface area contributed by atoms with E-state index in [1.54, 1.807) is 27.7 Å². The molecule has 3 aromatic rings. The Balaban J connectivity index is 1.78. The lowest BCUT2D eigenvalue weighted by atomic mass is 10.1. The highest BCUT2D eigenvalue weighted by Gasteiger charge is 2.18. The number of ether oxygens (including phenoxy) is 1. The zero-order valence-corrected chi connectivity index (χ0v) is 16.6. The molecule has 2 heterocycles. The van der Waals surface area contributed by atoms with Gasteiger partial charge in [-0.25, -0.2) is 13.1 Å². The Morgan fingerprint density at radius 3 is 2.56 bits per heavy atom. The van der Waals surface area contributed by atoms with Gasteiger partial charge in [-0.05, 0) is 38.1 Å². The van der Waals surface area contributed by atoms with Crippen molar-refractivity contribution in [3.8, 4) is 17.0 Å². The quantitative estimate of drug-likeness (QED) is 0.666. The Labute approximate surface area is 158 Å². The first kappa shape index (κ1) is 19.1. The minimum absolute atomic E-state index is 0.152. The summed E-state index contributed by atoms with van der Waals surface area (Å²) in [7, 11) is -0.323. The second kappa shape index (κ2) is 7.53. The van der Waals surface area contributed by atoms with E-state index in [9.17, 15) is 8.42 Å². The molecular weight excluding hydrogens is 366 g/mol. The average molecular weight is 389 g/mol. The maximum Gasteiger partial charge on any atom is 0.240 e. The molecule has 0 saturated heterocycles. The maximum absolute atomic E-state index is 12.6. The summed E-state index contributed by atoms with van der Waals surface area (Å²) in [5, 5.41) is 8.47. The van der Waals surface area contributed by atoms with Crippen LogP contribution in [0.3, 0.4) is 0 Å². The van der Waals surface area contributed by atoms with Crippen molar-refractivity contribution in [2.75, 3.05) is 13.7 Å². The molecule has 0 spiro atoms. The summed E-state index contributed by atoms with van der Waals surface area (Å²) in [6.07, 6.45) is 1.68. The first-order chi connectivity index (χ1) is 12.8. The van der Waals surface area contributed by atoms with Gasteiger partial charge < -0.3 is 4.74 Å². The van der Waals surface area contributed by atoms with Gasteiger partial charge in [-0.2, -0.15) is 10.2 Å². The summed E-state index contributed by atoms with van der Waals surface area (Å²) < 4.78 is 36.8. The van der Waals surface area contributed by atoms with E-state index in [0.717, 1.165) is 22.6 Å². The minimum atomic E-state index is -3.66. The van der Waals surface area contributed by atoms with Crippen LogP contribution in [0.1, 0.15) is 11.4 Å². The standard InChI is InChI=1S/C18H23N5O3S/c1-13-11-14(2)23(21-13)10-9-20-27(24,25)15-5-6-16(18(12-15)26-4)17-7-8-19-22(17)3/h5-8,11-12,20H,9-10H2,1-4H3. The van der Waals surface area contributed by atoms with Crippen LogP contribution in [0.2, 0.25) is 0 Å². The van der Waals surface area contributed by atoms with Gasteiger partial charge in [0.2, 0.25) is 10.0 Å². The molecule has 0 unspecified atom stereocenters. The van der Waals surface area contributed by atoms with Crippen molar-refractivity contribution in [1.29, 1.82) is 0 Å². The molecule has 1 N–H and O–H groups in total. The summed E-state index contributed by atoms with van der Waals surface area (Å²) in [6.45, 7) is 4.56. The number of aromatic nitrogens is 4. The summed E-state index contributed by atoms with van der Waals surface area (Å²) in [5.74, 6) is 0.472. The summed E-state index contributed by atoms with van der Waals surface area (Å²) in [6, 6.07) is 8.62. The van der Waals surface area contributed by atoms with Crippen LogP contribution >= 0.6 is 0 Å². The number of nitrogens with one attached hydrogen (secondary N) is 1. The molecule has 0 aliphatic rings. The van der Waals surface area contributed by atoms with Crippen molar-refractivity contribution >= 4 is 10.0 Å². The van der Waals surface area contributed by atoms with Crippen LogP contribution in [0.5, 0.6) is 5.75 Å². The summed E-state index contributed by atoms with van der Waals surface area (Å²) >= 11 is 0. The van der Waals surface area contributed by atoms with Crippen molar-refractivity contribution in [3.05, 3.63) is 47.9 Å². The predicted octanol–water partition coefficient (Wildman–Crippen LogP) is 1.89. The Kier molecular flexibility index (Phi) is 5.33. The minimum Gasteiger partial charge on any atom is -0.496 e. The van der Waals surface area contributed by atoms with E-state index in [2.05, 4.69) is 14.9 Å². The molecule has 8 nitrogen and oxygen atoms in total. The number of hydrogen-bond acceptors (Lipinski definition) is 5. The zero-order chi connectivity index (χ0) is 19.6. The van der Waals surface area contributed by atoms with Gasteiger partial charge in [-0.1, -0.05) is 0 Å². The van der Waals surface area contributed by atoms with Gasteiger partial charge in [-0.15, -0.1) is 0 Å². The lowest BCUT2D eigenvalue weighted by Gasteiger charge is -2.12. The van der Waals surface area contributed by atoms with Gasteiger partial charge in [0.1, 0.15) is 5.75 Å². The van der Waals surface area contributed by atoms with Crippen LogP contribution in [0.15, 0.2) is 41.4 Å². The molecule has 0 bridgehead atoms. The van der Waals surface area contributed by atoms with E-state index in [-0.39, 0.29) is 11.4 Å². The lowest BCUT2D eigenvalue weighted by molar-refractivity contribution is 0.414. The van der Waals surface area contributed by atoms with Crippen LogP contribution in [-0.2, 0) is 23.6 Å². The molecule has 0 aliphatic heterocycles. The number of rotatable bonds is 7. The third-order valence-corrected chi connectivity index (χ3v) is 5.76. The van der Waals surface area contributed by atoms with Gasteiger partial charge >= 0.3 is 0 Å². The van der Waals surface area contributed by atoms with Gasteiger partial charge in [0.25, 0.3) is 0 Å². The highest BCUT2D eigenvalue weighted by molar-refractivity contribution is 7.89. The summed E-state index contributed by atoms with van der Waals surface area (Å²) in [5.41, 5.74) is 3.52. The van der Waals surface area contributed by atoms with Gasteiger partial charge in [0.05, 0.1) is 29.9 Å². The Hall–Kier alpha value is -2.65. The highest BCUT2D eigenvalue weighted by Crippen LogP contribution is 2.31. The normalized spacial score (nSPS) is 11.7. The Morgan fingerprint density at radius 2 is 1.96 bits per heavy atom. The Morgan fingerprint density at radius 1 is 1.19 bits per heavy atom. The molecule has 9 heteroatoms. The average Bonchev–Trinajstić information content (AvgIpc) is 3.19. The van der Waals surface area contributed by atoms with Crippen molar-refractivity contribution < 1.29 is 13.2 Å². The second-order valence-corrected chi connectivity index (χ2v) is 8.02. The molecule has 0 aliphatic carbocycles. The van der Waals surface area contributed by atoms with Gasteiger partial charge in [0, 0.05) is 37.1 Å². The monoisotopic (exact) mass is 389 g/mol. The third-order valence-electron chi connectivity index (χ3n) is 4.30. The summed E-state index contributed by atoms with van der Waals surface area (Å²) in [4.78, 5) is 0.152. The largest absolute Gasteiger partial charge is 0.496 e. The van der Waals surface area contributed by atoms with E-state index in [4.69, 9.17) is 4.74 Å². The third kappa shape index (κ3) is 4.04. The van der Waals surface area contributed by atoms with Crippen molar-refractivity contribution in [3.63, 3.8) is 0 Å². The molecule has 0 fully saturated rings. The SMILES string of the molecule is COc1cc(S(=O)(=O)NCCn2nc(C)cc2C)ccc1-c1ccnn1C. The lowest BCUT2D eigenvalue weighted by Crippen LogP contribution is -2.28. The van der Waals surface area contributed by atoms with Crippen LogP contribution in [0.4, 0.5) is 0 Å². The molecule has 0 saturated carbocycles. The molecule has 1 aromatic carbocycles. The van der Waals surface area contributed by atoms with Crippen LogP contribution < -0.4 is 9.46 Å². The molecule has 27 heavy (non-hydrogen) atoms. The molecule has 3 rings (SSSR count). The fourth-order valence-corrected chi connectivity index (χ4v) is 4.00. The molecule has 0 atom stereocenters. The van der Waals surface area contributed by atoms with E-state index >= 15 is 0 Å². The zero-order valence-electron chi connectivity index (χ0n) is 15.8. The smallest absolute Gasteiger partial charge is 0.240 e. The van der Waals surface area contributed by atoms with Gasteiger partial charge in [0.15, 0.2) is 0 Å². The van der Waals surface area contributed by atoms with Crippen molar-refractivity contribution in [2.24, 2.45) is 7.05 Å². The maximum atomic E-state index is 12.6. The molecule has 0 radical (unpaired) electrons. The van der Waals surface area contributed by atoms with E-state index in [0.29, 0.717) is 12.3 Å². The number of aryl methyl sites for hydroxylation is 3. The number of benzene rings is 1. The molecule has 0 amide bonds. The fraction of sp³-hybridized carbons (Fsp3) is 0.333. The molecule has 2 aromatic heterocycles. The van der Waals surface area contributed by atoms with Gasteiger partial charge in [-0.3, -0.25) is 9.36 Å². The number of sulfonamides is 1. The number of nitrogens with zero attached hydrogens (tertiary/aromatic N) is 4. The second-order valence-electron chi connectivity index (χ2n) is 6.25. The van der Waals surface area contributed by atoms with Crippen molar-refractivity contribution in [1.82, 2.24) is 24.3 Å². The van der Waals surface area contributed by atoms with E-state index in [1.165, 1.54) is 13.2 Å². The number of methoxy groups -OCH3 is 1. The number of hydrogen-bond donors (Lipinski definition) is 1. The molecule has 144 valence electrons. The molecular formula is C18H23N5O3S. The highest BCUT2D eigenvalue weighted by atomic mass is 32.2. The predicted molar refractivity (Wildman–Crippen MR) is 102 cm³/mol. The van der Waals surface area contributed by atoms with Crippen LogP contribution in [-0.4, -0.2) is 41.6 Å². The van der Waals surface area contributed by atoms with Crippen molar-refractivity contribution in [2.45, 2.75) is 25.3 Å². The first-order valence-corrected chi connectivity index (χ1v) is 9.97. The van der Waals surface area contributed by atoms with E-state index < -0.39 is 10.0 Å². The Bertz CT molecular complexity index is 1050. The van der Waals surface area contributed by atoms with Crippen LogP contribution in [0.25, 0.3) is 11.3 Å². The first-order valence-electron chi connectivity index (χ1n) is 8.49. The topological polar surface area (TPSA) is 91.0 Å².